The van der Waals surface area contributed by atoms with Crippen LogP contribution in [-0.4, -0.2) is 34.9 Å². The Balaban J connectivity index is 2.18. The van der Waals surface area contributed by atoms with Crippen molar-refractivity contribution < 1.29 is 9.90 Å². The molecule has 0 unspecified atom stereocenters. The van der Waals surface area contributed by atoms with Crippen LogP contribution in [0.5, 0.6) is 5.75 Å². The van der Waals surface area contributed by atoms with Crippen molar-refractivity contribution >= 4 is 17.4 Å². The predicted octanol–water partition coefficient (Wildman–Crippen LogP) is 2.17. The molecule has 0 spiro atoms. The molecule has 5 heteroatoms. The molecule has 3 N–H and O–H groups in total. The van der Waals surface area contributed by atoms with Gasteiger partial charge in [-0.1, -0.05) is 11.6 Å². The first-order valence-corrected chi connectivity index (χ1v) is 6.85. The third kappa shape index (κ3) is 3.47. The minimum Gasteiger partial charge on any atom is -0.507 e. The summed E-state index contributed by atoms with van der Waals surface area (Å²) in [5.41, 5.74) is 6.86. The number of carbonyl (C=O) groups is 1. The first-order valence-electron chi connectivity index (χ1n) is 6.47. The van der Waals surface area contributed by atoms with Crippen molar-refractivity contribution in [2.75, 3.05) is 13.1 Å². The van der Waals surface area contributed by atoms with Gasteiger partial charge in [0.15, 0.2) is 5.78 Å². The van der Waals surface area contributed by atoms with E-state index in [1.165, 1.54) is 13.0 Å². The Kier molecular flexibility index (Phi) is 4.45. The summed E-state index contributed by atoms with van der Waals surface area (Å²) in [5.74, 6) is -0.131. The van der Waals surface area contributed by atoms with Gasteiger partial charge < -0.3 is 10.8 Å². The highest BCUT2D eigenvalue weighted by molar-refractivity contribution is 6.31. The Bertz CT molecular complexity index is 483. The molecular weight excluding hydrogens is 264 g/mol. The van der Waals surface area contributed by atoms with E-state index in [1.807, 2.05) is 0 Å². The fourth-order valence-electron chi connectivity index (χ4n) is 2.40. The van der Waals surface area contributed by atoms with Gasteiger partial charge in [-0.2, -0.15) is 0 Å². The summed E-state index contributed by atoms with van der Waals surface area (Å²) in [6.45, 7) is 3.83. The Morgan fingerprint density at radius 3 is 2.68 bits per heavy atom. The van der Waals surface area contributed by atoms with Crippen molar-refractivity contribution in [1.82, 2.24) is 4.90 Å². The first-order chi connectivity index (χ1) is 8.97. The number of halogens is 1. The molecule has 0 saturated carbocycles. The van der Waals surface area contributed by atoms with E-state index in [4.69, 9.17) is 17.3 Å². The molecule has 104 valence electrons. The Hall–Kier alpha value is -1.10. The molecule has 0 amide bonds. The number of phenolic OH excluding ortho intramolecular Hbond substituents is 1. The van der Waals surface area contributed by atoms with Gasteiger partial charge in [-0.05, 0) is 45.0 Å². The largest absolute Gasteiger partial charge is 0.507 e. The quantitative estimate of drug-likeness (QED) is 0.834. The molecule has 1 aliphatic rings. The monoisotopic (exact) mass is 282 g/mol. The predicted molar refractivity (Wildman–Crippen MR) is 75.6 cm³/mol. The number of hydrogen-bond donors (Lipinski definition) is 2. The second-order valence-corrected chi connectivity index (χ2v) is 5.57. The maximum absolute atomic E-state index is 11.5. The number of Topliss-reactive ketones (excluding diaryl/α,β-unsaturated/α-hetero) is 1. The average molecular weight is 283 g/mol. The van der Waals surface area contributed by atoms with Crippen LogP contribution in [-0.2, 0) is 6.54 Å². The maximum atomic E-state index is 11.5. The zero-order chi connectivity index (χ0) is 14.0. The third-order valence-electron chi connectivity index (χ3n) is 3.56. The highest BCUT2D eigenvalue weighted by Crippen LogP contribution is 2.29. The van der Waals surface area contributed by atoms with Crippen LogP contribution in [0.15, 0.2) is 12.1 Å². The van der Waals surface area contributed by atoms with Crippen LogP contribution in [0, 0.1) is 0 Å². The van der Waals surface area contributed by atoms with Gasteiger partial charge >= 0.3 is 0 Å². The fourth-order valence-corrected chi connectivity index (χ4v) is 2.64. The van der Waals surface area contributed by atoms with Gasteiger partial charge in [0.25, 0.3) is 0 Å². The van der Waals surface area contributed by atoms with E-state index < -0.39 is 0 Å². The van der Waals surface area contributed by atoms with Crippen LogP contribution in [0.25, 0.3) is 0 Å². The van der Waals surface area contributed by atoms with Crippen molar-refractivity contribution in [1.29, 1.82) is 0 Å². The molecule has 1 aromatic carbocycles. The molecule has 0 atom stereocenters. The van der Waals surface area contributed by atoms with Crippen LogP contribution >= 0.6 is 11.6 Å². The van der Waals surface area contributed by atoms with Crippen LogP contribution in [0.2, 0.25) is 5.02 Å². The van der Waals surface area contributed by atoms with Gasteiger partial charge in [-0.25, -0.2) is 0 Å². The number of benzene rings is 1. The van der Waals surface area contributed by atoms with Crippen molar-refractivity contribution in [3.8, 4) is 5.75 Å². The molecule has 0 radical (unpaired) electrons. The van der Waals surface area contributed by atoms with Crippen molar-refractivity contribution in [3.63, 3.8) is 0 Å². The van der Waals surface area contributed by atoms with Gasteiger partial charge in [0, 0.05) is 23.2 Å². The van der Waals surface area contributed by atoms with E-state index in [0.717, 1.165) is 25.9 Å². The Morgan fingerprint density at radius 1 is 1.47 bits per heavy atom. The second-order valence-electron chi connectivity index (χ2n) is 5.13. The number of ketones is 1. The van der Waals surface area contributed by atoms with Crippen molar-refractivity contribution in [3.05, 3.63) is 28.3 Å². The zero-order valence-electron chi connectivity index (χ0n) is 11.0. The van der Waals surface area contributed by atoms with Gasteiger partial charge in [0.2, 0.25) is 0 Å². The highest BCUT2D eigenvalue weighted by atomic mass is 35.5. The van der Waals surface area contributed by atoms with Crippen LogP contribution in [0.3, 0.4) is 0 Å². The third-order valence-corrected chi connectivity index (χ3v) is 3.78. The minimum absolute atomic E-state index is 0.0479. The molecule has 2 rings (SSSR count). The molecule has 0 aliphatic carbocycles. The van der Waals surface area contributed by atoms with E-state index in [-0.39, 0.29) is 23.1 Å². The number of nitrogens with two attached hydrogens (primary N) is 1. The highest BCUT2D eigenvalue weighted by Gasteiger charge is 2.19. The molecule has 1 aliphatic heterocycles. The lowest BCUT2D eigenvalue weighted by molar-refractivity contribution is 0.101. The summed E-state index contributed by atoms with van der Waals surface area (Å²) in [5, 5.41) is 10.6. The SMILES string of the molecule is CC(=O)c1cc(Cl)cc(CN2CCC(N)CC2)c1O. The maximum Gasteiger partial charge on any atom is 0.163 e. The normalized spacial score (nSPS) is 17.6. The molecule has 0 aromatic heterocycles. The molecule has 19 heavy (non-hydrogen) atoms. The molecule has 1 aromatic rings. The smallest absolute Gasteiger partial charge is 0.163 e. The Morgan fingerprint density at radius 2 is 2.11 bits per heavy atom. The van der Waals surface area contributed by atoms with Gasteiger partial charge in [-0.3, -0.25) is 9.69 Å². The van der Waals surface area contributed by atoms with Gasteiger partial charge in [0.05, 0.1) is 5.56 Å². The summed E-state index contributed by atoms with van der Waals surface area (Å²) in [6, 6.07) is 3.50. The number of hydrogen-bond acceptors (Lipinski definition) is 4. The lowest BCUT2D eigenvalue weighted by Gasteiger charge is -2.30. The summed E-state index contributed by atoms with van der Waals surface area (Å²) >= 11 is 6.01. The first kappa shape index (κ1) is 14.3. The number of rotatable bonds is 3. The van der Waals surface area contributed by atoms with E-state index in [2.05, 4.69) is 4.90 Å². The summed E-state index contributed by atoms with van der Waals surface area (Å²) in [6.07, 6.45) is 1.92. The van der Waals surface area contributed by atoms with Crippen molar-refractivity contribution in [2.45, 2.75) is 32.4 Å². The van der Waals surface area contributed by atoms with Crippen molar-refractivity contribution in [2.24, 2.45) is 5.73 Å². The molecular formula is C14H19ClN2O2. The Labute approximate surface area is 118 Å². The standard InChI is InChI=1S/C14H19ClN2O2/c1-9(18)13-7-11(15)6-10(14(13)19)8-17-4-2-12(16)3-5-17/h6-7,12,19H,2-5,8,16H2,1H3. The fraction of sp³-hybridized carbons (Fsp3) is 0.500. The minimum atomic E-state index is -0.179. The van der Waals surface area contributed by atoms with E-state index >= 15 is 0 Å². The van der Waals surface area contributed by atoms with E-state index in [1.54, 1.807) is 6.07 Å². The number of aromatic hydroxyl groups is 1. The number of nitrogens with zero attached hydrogens (tertiary/aromatic N) is 1. The van der Waals surface area contributed by atoms with Gasteiger partial charge in [-0.15, -0.1) is 0 Å². The number of likely N-dealkylation sites (tertiary alicyclic amines) is 1. The molecule has 1 saturated heterocycles. The average Bonchev–Trinajstić information content (AvgIpc) is 2.35. The van der Waals surface area contributed by atoms with Crippen LogP contribution in [0.4, 0.5) is 0 Å². The molecule has 0 bridgehead atoms. The summed E-state index contributed by atoms with van der Waals surface area (Å²) in [4.78, 5) is 13.7. The molecule has 4 nitrogen and oxygen atoms in total. The summed E-state index contributed by atoms with van der Waals surface area (Å²) < 4.78 is 0. The van der Waals surface area contributed by atoms with Gasteiger partial charge in [0.1, 0.15) is 5.75 Å². The second kappa shape index (κ2) is 5.90. The molecule has 1 heterocycles. The topological polar surface area (TPSA) is 66.6 Å². The summed E-state index contributed by atoms with van der Waals surface area (Å²) in [7, 11) is 0. The van der Waals surface area contributed by atoms with Crippen LogP contribution < -0.4 is 5.73 Å². The number of piperidine rings is 1. The van der Waals surface area contributed by atoms with E-state index in [0.29, 0.717) is 17.1 Å². The lowest BCUT2D eigenvalue weighted by Crippen LogP contribution is -2.39. The van der Waals surface area contributed by atoms with E-state index in [9.17, 15) is 9.90 Å². The zero-order valence-corrected chi connectivity index (χ0v) is 11.8. The number of phenols is 1. The number of carbonyl (C=O) groups excluding carboxylic acids is 1. The molecule has 1 fully saturated rings. The van der Waals surface area contributed by atoms with Crippen LogP contribution in [0.1, 0.15) is 35.7 Å². The lowest BCUT2D eigenvalue weighted by atomic mass is 10.0.